The molecule has 0 unspecified atom stereocenters. The predicted octanol–water partition coefficient (Wildman–Crippen LogP) is 1.19. The van der Waals surface area contributed by atoms with Crippen LogP contribution in [0.25, 0.3) is 0 Å². The lowest BCUT2D eigenvalue weighted by Gasteiger charge is -2.08. The molecule has 50 valence electrons. The Morgan fingerprint density at radius 1 is 1.89 bits per heavy atom. The molecule has 0 atom stereocenters. The maximum atomic E-state index is 10.2. The Hall–Kier alpha value is -0.750. The highest BCUT2D eigenvalue weighted by atomic mass is 35.5. The number of nitrogens with zero attached hydrogens (tertiary/aromatic N) is 2. The lowest BCUT2D eigenvalue weighted by molar-refractivity contribution is 0.233. The topological polar surface area (TPSA) is 44.1 Å². The molecular weight excluding hydrogens is 140 g/mol. The Morgan fingerprint density at radius 2 is 2.44 bits per heavy atom. The van der Waals surface area contributed by atoms with E-state index in [2.05, 4.69) is 0 Å². The van der Waals surface area contributed by atoms with Crippen LogP contribution in [-0.2, 0) is 0 Å². The third-order valence-corrected chi connectivity index (χ3v) is 1.15. The maximum Gasteiger partial charge on any atom is 0.316 e. The number of rotatable bonds is 2. The number of hydrogen-bond acceptors (Lipinski definition) is 2. The van der Waals surface area contributed by atoms with Crippen LogP contribution in [0.15, 0.2) is 0 Å². The summed E-state index contributed by atoms with van der Waals surface area (Å²) in [6.07, 6.45) is 0.328. The Kier molecular flexibility index (Phi) is 3.81. The van der Waals surface area contributed by atoms with Gasteiger partial charge in [0.15, 0.2) is 0 Å². The molecule has 0 aromatic carbocycles. The van der Waals surface area contributed by atoms with Gasteiger partial charge in [0.2, 0.25) is 0 Å². The van der Waals surface area contributed by atoms with Crippen LogP contribution in [0.3, 0.4) is 0 Å². The minimum Gasteiger partial charge on any atom is -0.331 e. The zero-order valence-corrected chi connectivity index (χ0v) is 5.85. The largest absolute Gasteiger partial charge is 0.331 e. The van der Waals surface area contributed by atoms with Gasteiger partial charge < -0.3 is 4.90 Å². The van der Waals surface area contributed by atoms with E-state index >= 15 is 0 Å². The molecule has 0 aliphatic heterocycles. The van der Waals surface area contributed by atoms with Crippen molar-refractivity contribution in [2.24, 2.45) is 0 Å². The van der Waals surface area contributed by atoms with E-state index in [4.69, 9.17) is 16.9 Å². The van der Waals surface area contributed by atoms with Crippen LogP contribution in [0.1, 0.15) is 6.42 Å². The molecule has 0 spiro atoms. The summed E-state index contributed by atoms with van der Waals surface area (Å²) in [5, 5.41) is 7.54. The average Bonchev–Trinajstić information content (AvgIpc) is 1.82. The van der Waals surface area contributed by atoms with Gasteiger partial charge in [0, 0.05) is 13.6 Å². The van der Waals surface area contributed by atoms with Crippen molar-refractivity contribution in [2.75, 3.05) is 13.6 Å². The zero-order valence-electron chi connectivity index (χ0n) is 5.09. The molecule has 0 saturated heterocycles. The summed E-state index contributed by atoms with van der Waals surface area (Å²) in [5.41, 5.74) is 0. The summed E-state index contributed by atoms with van der Waals surface area (Å²) < 4.78 is 0. The summed E-state index contributed by atoms with van der Waals surface area (Å²) in [7, 11) is 1.55. The van der Waals surface area contributed by atoms with E-state index in [1.165, 1.54) is 4.90 Å². The minimum atomic E-state index is -0.523. The molecule has 0 rings (SSSR count). The summed E-state index contributed by atoms with van der Waals surface area (Å²) in [6, 6.07) is 1.90. The van der Waals surface area contributed by atoms with E-state index in [-0.39, 0.29) is 0 Å². The molecule has 0 heterocycles. The summed E-state index contributed by atoms with van der Waals surface area (Å²) in [4.78, 5) is 11.5. The molecule has 0 radical (unpaired) electrons. The molecule has 0 aliphatic rings. The van der Waals surface area contributed by atoms with Gasteiger partial charge >= 0.3 is 5.37 Å². The van der Waals surface area contributed by atoms with Crippen molar-refractivity contribution in [3.8, 4) is 6.07 Å². The van der Waals surface area contributed by atoms with E-state index in [0.717, 1.165) is 0 Å². The number of hydrogen-bond donors (Lipinski definition) is 0. The van der Waals surface area contributed by atoms with Crippen molar-refractivity contribution in [1.29, 1.82) is 5.26 Å². The fourth-order valence-electron chi connectivity index (χ4n) is 0.306. The lowest BCUT2D eigenvalue weighted by atomic mass is 10.4. The van der Waals surface area contributed by atoms with Crippen LogP contribution < -0.4 is 0 Å². The van der Waals surface area contributed by atoms with Gasteiger partial charge in [0.05, 0.1) is 12.5 Å². The van der Waals surface area contributed by atoms with Crippen LogP contribution in [0.5, 0.6) is 0 Å². The molecule has 1 amide bonds. The van der Waals surface area contributed by atoms with Crippen LogP contribution in [0, 0.1) is 11.3 Å². The number of amides is 1. The van der Waals surface area contributed by atoms with Gasteiger partial charge in [-0.2, -0.15) is 5.26 Å². The first kappa shape index (κ1) is 8.25. The first-order valence-electron chi connectivity index (χ1n) is 2.46. The van der Waals surface area contributed by atoms with E-state index in [1.807, 2.05) is 6.07 Å². The van der Waals surface area contributed by atoms with Crippen molar-refractivity contribution in [3.05, 3.63) is 0 Å². The standard InChI is InChI=1S/C5H7ClN2O/c1-8(5(6)9)4-2-3-7/h2,4H2,1H3. The smallest absolute Gasteiger partial charge is 0.316 e. The highest BCUT2D eigenvalue weighted by Gasteiger charge is 2.01. The second-order valence-electron chi connectivity index (χ2n) is 1.58. The van der Waals surface area contributed by atoms with Gasteiger partial charge in [0.1, 0.15) is 0 Å². The molecule has 0 N–H and O–H groups in total. The van der Waals surface area contributed by atoms with Gasteiger partial charge in [0.25, 0.3) is 0 Å². The molecule has 9 heavy (non-hydrogen) atoms. The van der Waals surface area contributed by atoms with Gasteiger partial charge in [-0.15, -0.1) is 0 Å². The van der Waals surface area contributed by atoms with E-state index in [1.54, 1.807) is 7.05 Å². The predicted molar refractivity (Wildman–Crippen MR) is 34.1 cm³/mol. The second kappa shape index (κ2) is 4.16. The summed E-state index contributed by atoms with van der Waals surface area (Å²) in [6.45, 7) is 0.402. The number of carbonyl (C=O) groups is 1. The SMILES string of the molecule is CN(CCC#N)C(=O)Cl. The van der Waals surface area contributed by atoms with Gasteiger partial charge in [-0.05, 0) is 11.6 Å². The van der Waals surface area contributed by atoms with Crippen molar-refractivity contribution in [2.45, 2.75) is 6.42 Å². The minimum absolute atomic E-state index is 0.328. The fraction of sp³-hybridized carbons (Fsp3) is 0.600. The summed E-state index contributed by atoms with van der Waals surface area (Å²) >= 11 is 5.04. The molecule has 0 aromatic rings. The average molecular weight is 147 g/mol. The zero-order chi connectivity index (χ0) is 7.28. The van der Waals surface area contributed by atoms with E-state index in [9.17, 15) is 4.79 Å². The molecule has 0 saturated carbocycles. The molecule has 0 aliphatic carbocycles. The molecule has 0 bridgehead atoms. The van der Waals surface area contributed by atoms with Crippen LogP contribution in [0.4, 0.5) is 4.79 Å². The molecule has 4 heteroatoms. The van der Waals surface area contributed by atoms with Crippen LogP contribution in [-0.4, -0.2) is 23.9 Å². The quantitative estimate of drug-likeness (QED) is 0.434. The first-order chi connectivity index (χ1) is 4.18. The second-order valence-corrected chi connectivity index (χ2v) is 1.91. The van der Waals surface area contributed by atoms with Crippen molar-refractivity contribution < 1.29 is 4.79 Å². The number of nitriles is 1. The third-order valence-electron chi connectivity index (χ3n) is 0.859. The lowest BCUT2D eigenvalue weighted by Crippen LogP contribution is -2.21. The molecule has 0 aromatic heterocycles. The molecular formula is C5H7ClN2O. The Labute approximate surface area is 58.8 Å². The van der Waals surface area contributed by atoms with Gasteiger partial charge in [-0.1, -0.05) is 0 Å². The Morgan fingerprint density at radius 3 is 2.78 bits per heavy atom. The highest BCUT2D eigenvalue weighted by molar-refractivity contribution is 6.62. The first-order valence-corrected chi connectivity index (χ1v) is 2.84. The third kappa shape index (κ3) is 3.80. The maximum absolute atomic E-state index is 10.2. The van der Waals surface area contributed by atoms with Crippen molar-refractivity contribution >= 4 is 17.0 Å². The Balaban J connectivity index is 3.41. The van der Waals surface area contributed by atoms with Crippen LogP contribution in [0.2, 0.25) is 0 Å². The Bertz CT molecular complexity index is 140. The van der Waals surface area contributed by atoms with E-state index in [0.29, 0.717) is 13.0 Å². The van der Waals surface area contributed by atoms with Crippen molar-refractivity contribution in [3.63, 3.8) is 0 Å². The highest BCUT2D eigenvalue weighted by Crippen LogP contribution is 1.92. The molecule has 0 fully saturated rings. The summed E-state index contributed by atoms with van der Waals surface area (Å²) in [5.74, 6) is 0. The van der Waals surface area contributed by atoms with Gasteiger partial charge in [-0.3, -0.25) is 4.79 Å². The van der Waals surface area contributed by atoms with Crippen LogP contribution >= 0.6 is 11.6 Å². The monoisotopic (exact) mass is 146 g/mol. The van der Waals surface area contributed by atoms with E-state index < -0.39 is 5.37 Å². The van der Waals surface area contributed by atoms with Gasteiger partial charge in [-0.25, -0.2) is 0 Å². The van der Waals surface area contributed by atoms with Crippen molar-refractivity contribution in [1.82, 2.24) is 4.90 Å². The number of carbonyl (C=O) groups excluding carboxylic acids is 1. The number of halogens is 1. The fourth-order valence-corrected chi connectivity index (χ4v) is 0.390. The molecule has 3 nitrogen and oxygen atoms in total. The normalized spacial score (nSPS) is 8.11.